The molecule has 1 unspecified atom stereocenters. The lowest BCUT2D eigenvalue weighted by molar-refractivity contribution is 0.0926. The van der Waals surface area contributed by atoms with Gasteiger partial charge in [0.05, 0.1) is 37.7 Å². The van der Waals surface area contributed by atoms with Crippen molar-refractivity contribution in [3.63, 3.8) is 0 Å². The average Bonchev–Trinajstić information content (AvgIpc) is 3.40. The van der Waals surface area contributed by atoms with Gasteiger partial charge in [0, 0.05) is 32.7 Å². The molecule has 1 fully saturated rings. The van der Waals surface area contributed by atoms with Crippen LogP contribution in [-0.2, 0) is 0 Å². The van der Waals surface area contributed by atoms with Crippen LogP contribution in [0.5, 0.6) is 0 Å². The molecule has 2 aliphatic rings. The summed E-state index contributed by atoms with van der Waals surface area (Å²) in [6.45, 7) is 8.74. The Morgan fingerprint density at radius 3 is 2.47 bits per heavy atom. The summed E-state index contributed by atoms with van der Waals surface area (Å²) in [5, 5.41) is 0.962. The summed E-state index contributed by atoms with van der Waals surface area (Å²) < 4.78 is 0.975. The van der Waals surface area contributed by atoms with Crippen molar-refractivity contribution in [3.8, 4) is 0 Å². The fraction of sp³-hybridized carbons (Fsp3) is 0.276. The third kappa shape index (κ3) is 3.98. The number of piperazine rings is 1. The van der Waals surface area contributed by atoms with Gasteiger partial charge in [-0.15, -0.1) is 11.3 Å². The molecule has 0 bridgehead atoms. The Morgan fingerprint density at radius 1 is 0.917 bits per heavy atom. The number of nitrogens with zero attached hydrogens (tertiary/aromatic N) is 4. The molecule has 0 N–H and O–H groups in total. The van der Waals surface area contributed by atoms with E-state index in [-0.39, 0.29) is 11.8 Å². The molecule has 6 nitrogen and oxygen atoms in total. The summed E-state index contributed by atoms with van der Waals surface area (Å²) in [6, 6.07) is 21.9. The van der Waals surface area contributed by atoms with E-state index in [0.29, 0.717) is 22.7 Å². The average molecular weight is 497 g/mol. The van der Waals surface area contributed by atoms with Crippen molar-refractivity contribution in [3.05, 3.63) is 88.4 Å². The molecule has 3 aromatic carbocycles. The maximum absolute atomic E-state index is 13.6. The van der Waals surface area contributed by atoms with Gasteiger partial charge in [-0.05, 0) is 48.7 Å². The van der Waals surface area contributed by atoms with Crippen LogP contribution >= 0.6 is 11.3 Å². The molecule has 0 spiro atoms. The molecule has 2 aliphatic heterocycles. The number of benzene rings is 3. The number of amides is 2. The summed E-state index contributed by atoms with van der Waals surface area (Å²) in [5.41, 5.74) is 4.71. The molecule has 36 heavy (non-hydrogen) atoms. The number of fused-ring (bicyclic) bond motifs is 2. The second-order valence-electron chi connectivity index (χ2n) is 9.63. The lowest BCUT2D eigenvalue weighted by Crippen LogP contribution is -2.47. The zero-order chi connectivity index (χ0) is 24.8. The highest BCUT2D eigenvalue weighted by Crippen LogP contribution is 2.36. The van der Waals surface area contributed by atoms with Crippen LogP contribution in [0.2, 0.25) is 0 Å². The van der Waals surface area contributed by atoms with Gasteiger partial charge in [-0.3, -0.25) is 14.5 Å². The standard InChI is InChI=1S/C29H28N4O2S/c1-19(21-7-4-3-5-8-21)18-31-13-15-32(16-14-31)25-10-6-9-23-27(25)29(35)33(28(23)34)22-11-12-24-26(17-22)36-20(2)30-24/h3-12,17,19H,13-16,18H2,1-2H3. The van der Waals surface area contributed by atoms with Crippen molar-refractivity contribution in [1.29, 1.82) is 0 Å². The molecule has 4 aromatic rings. The Morgan fingerprint density at radius 2 is 1.69 bits per heavy atom. The first kappa shape index (κ1) is 22.9. The Hall–Kier alpha value is -3.55. The van der Waals surface area contributed by atoms with Crippen molar-refractivity contribution in [2.45, 2.75) is 19.8 Å². The molecular weight excluding hydrogens is 468 g/mol. The van der Waals surface area contributed by atoms with Crippen molar-refractivity contribution in [1.82, 2.24) is 9.88 Å². The minimum Gasteiger partial charge on any atom is -0.368 e. The second-order valence-corrected chi connectivity index (χ2v) is 10.9. The summed E-state index contributed by atoms with van der Waals surface area (Å²) in [4.78, 5) is 37.6. The van der Waals surface area contributed by atoms with Gasteiger partial charge in [0.25, 0.3) is 11.8 Å². The van der Waals surface area contributed by atoms with E-state index in [0.717, 1.165) is 53.6 Å². The molecule has 0 saturated carbocycles. The van der Waals surface area contributed by atoms with Gasteiger partial charge < -0.3 is 4.90 Å². The highest BCUT2D eigenvalue weighted by Gasteiger charge is 2.40. The summed E-state index contributed by atoms with van der Waals surface area (Å²) in [6.07, 6.45) is 0. The normalized spacial score (nSPS) is 17.2. The minimum atomic E-state index is -0.257. The van der Waals surface area contributed by atoms with Crippen LogP contribution in [0.4, 0.5) is 11.4 Å². The van der Waals surface area contributed by atoms with Gasteiger partial charge in [0.1, 0.15) is 0 Å². The van der Waals surface area contributed by atoms with Gasteiger partial charge in [-0.25, -0.2) is 9.88 Å². The number of anilines is 2. The predicted molar refractivity (Wildman–Crippen MR) is 145 cm³/mol. The monoisotopic (exact) mass is 496 g/mol. The highest BCUT2D eigenvalue weighted by molar-refractivity contribution is 7.18. The van der Waals surface area contributed by atoms with Crippen LogP contribution in [0.3, 0.4) is 0 Å². The highest BCUT2D eigenvalue weighted by atomic mass is 32.1. The smallest absolute Gasteiger partial charge is 0.268 e. The fourth-order valence-electron chi connectivity index (χ4n) is 5.38. The molecule has 1 aromatic heterocycles. The summed E-state index contributed by atoms with van der Waals surface area (Å²) in [7, 11) is 0. The largest absolute Gasteiger partial charge is 0.368 e. The predicted octanol–water partition coefficient (Wildman–Crippen LogP) is 5.33. The van der Waals surface area contributed by atoms with E-state index in [9.17, 15) is 9.59 Å². The summed E-state index contributed by atoms with van der Waals surface area (Å²) >= 11 is 1.57. The first-order valence-electron chi connectivity index (χ1n) is 12.4. The van der Waals surface area contributed by atoms with Crippen LogP contribution in [0.15, 0.2) is 66.7 Å². The van der Waals surface area contributed by atoms with E-state index < -0.39 is 0 Å². The molecule has 1 saturated heterocycles. The quantitative estimate of drug-likeness (QED) is 0.350. The molecule has 2 amide bonds. The van der Waals surface area contributed by atoms with Gasteiger partial charge in [-0.2, -0.15) is 0 Å². The van der Waals surface area contributed by atoms with Crippen LogP contribution in [-0.4, -0.2) is 54.4 Å². The molecule has 1 atom stereocenters. The zero-order valence-corrected chi connectivity index (χ0v) is 21.3. The first-order valence-corrected chi connectivity index (χ1v) is 13.2. The van der Waals surface area contributed by atoms with Crippen LogP contribution in [0.1, 0.15) is 44.1 Å². The Kier molecular flexibility index (Phi) is 5.82. The molecule has 182 valence electrons. The van der Waals surface area contributed by atoms with Crippen LogP contribution in [0, 0.1) is 6.92 Å². The SMILES string of the molecule is Cc1nc2ccc(N3C(=O)c4cccc(N5CCN(CC(C)c6ccccc6)CC5)c4C3=O)cc2s1. The van der Waals surface area contributed by atoms with Gasteiger partial charge in [-0.1, -0.05) is 43.3 Å². The van der Waals surface area contributed by atoms with Crippen molar-refractivity contribution in [2.75, 3.05) is 42.5 Å². The van der Waals surface area contributed by atoms with E-state index in [2.05, 4.69) is 52.0 Å². The zero-order valence-electron chi connectivity index (χ0n) is 20.5. The number of carbonyl (C=O) groups is 2. The van der Waals surface area contributed by atoms with Gasteiger partial charge in [0.15, 0.2) is 0 Å². The van der Waals surface area contributed by atoms with Crippen LogP contribution in [0.25, 0.3) is 10.2 Å². The van der Waals surface area contributed by atoms with E-state index in [1.165, 1.54) is 10.5 Å². The number of thiazole rings is 1. The Labute approximate surface area is 214 Å². The van der Waals surface area contributed by atoms with E-state index in [1.807, 2.05) is 37.3 Å². The van der Waals surface area contributed by atoms with E-state index >= 15 is 0 Å². The maximum Gasteiger partial charge on any atom is 0.268 e. The molecule has 6 rings (SSSR count). The maximum atomic E-state index is 13.6. The lowest BCUT2D eigenvalue weighted by Gasteiger charge is -2.37. The van der Waals surface area contributed by atoms with Gasteiger partial charge >= 0.3 is 0 Å². The number of aryl methyl sites for hydroxylation is 1. The number of rotatable bonds is 5. The van der Waals surface area contributed by atoms with Crippen molar-refractivity contribution < 1.29 is 9.59 Å². The molecule has 0 radical (unpaired) electrons. The number of hydrogen-bond acceptors (Lipinski definition) is 6. The molecular formula is C29H28N4O2S. The van der Waals surface area contributed by atoms with Gasteiger partial charge in [0.2, 0.25) is 0 Å². The first-order chi connectivity index (χ1) is 17.5. The fourth-order valence-corrected chi connectivity index (χ4v) is 6.24. The number of carbonyl (C=O) groups excluding carboxylic acids is 2. The number of imide groups is 1. The number of hydrogen-bond donors (Lipinski definition) is 0. The third-order valence-electron chi connectivity index (χ3n) is 7.24. The molecule has 0 aliphatic carbocycles. The lowest BCUT2D eigenvalue weighted by atomic mass is 10.0. The minimum absolute atomic E-state index is 0.244. The Balaban J connectivity index is 1.21. The van der Waals surface area contributed by atoms with Crippen LogP contribution < -0.4 is 9.80 Å². The Bertz CT molecular complexity index is 1460. The topological polar surface area (TPSA) is 56.8 Å². The second kappa shape index (κ2) is 9.15. The van der Waals surface area contributed by atoms with Crippen molar-refractivity contribution >= 4 is 44.7 Å². The molecule has 3 heterocycles. The van der Waals surface area contributed by atoms with E-state index in [1.54, 1.807) is 17.4 Å². The third-order valence-corrected chi connectivity index (χ3v) is 8.18. The molecule has 7 heteroatoms. The van der Waals surface area contributed by atoms with Crippen molar-refractivity contribution in [2.24, 2.45) is 0 Å². The number of aromatic nitrogens is 1. The summed E-state index contributed by atoms with van der Waals surface area (Å²) in [5.74, 6) is -0.0368. The van der Waals surface area contributed by atoms with E-state index in [4.69, 9.17) is 0 Å².